The van der Waals surface area contributed by atoms with Crippen molar-refractivity contribution in [2.24, 2.45) is 11.8 Å². The summed E-state index contributed by atoms with van der Waals surface area (Å²) < 4.78 is 12.8. The first-order chi connectivity index (χ1) is 10.3. The molecule has 21 heavy (non-hydrogen) atoms. The van der Waals surface area contributed by atoms with Gasteiger partial charge in [0.25, 0.3) is 0 Å². The number of nitrogens with zero attached hydrogens (tertiary/aromatic N) is 1. The summed E-state index contributed by atoms with van der Waals surface area (Å²) in [6.07, 6.45) is 14.8. The van der Waals surface area contributed by atoms with Crippen LogP contribution in [0.2, 0.25) is 0 Å². The quantitative estimate of drug-likeness (QED) is 0.538. The third-order valence-electron chi connectivity index (χ3n) is 4.31. The van der Waals surface area contributed by atoms with Crippen molar-refractivity contribution >= 4 is 0 Å². The molecule has 0 aliphatic heterocycles. The highest BCUT2D eigenvalue weighted by molar-refractivity contribution is 5.16. The van der Waals surface area contributed by atoms with Crippen LogP contribution in [0.4, 0.5) is 4.39 Å². The van der Waals surface area contributed by atoms with E-state index in [0.717, 1.165) is 12.3 Å². The van der Waals surface area contributed by atoms with Gasteiger partial charge in [-0.3, -0.25) is 0 Å². The van der Waals surface area contributed by atoms with Gasteiger partial charge in [-0.15, -0.1) is 0 Å². The molecule has 2 heteroatoms. The van der Waals surface area contributed by atoms with E-state index in [2.05, 4.69) is 6.08 Å². The summed E-state index contributed by atoms with van der Waals surface area (Å²) in [4.78, 5) is 0. The average molecular weight is 283 g/mol. The zero-order chi connectivity index (χ0) is 14.9. The van der Waals surface area contributed by atoms with Crippen LogP contribution in [0.25, 0.3) is 0 Å². The van der Waals surface area contributed by atoms with Crippen molar-refractivity contribution in [1.82, 2.24) is 0 Å². The standard InChI is InChI=1S/C19H22FN/c20-19-13-11-18(12-14-19)10-9-17-7-5-16(6-8-17)4-2-1-3-15-21/h1-4,11-14,16-17H,5-10H2/t16-,17-. The molecule has 110 valence electrons. The molecule has 1 aliphatic rings. The maximum Gasteiger partial charge on any atom is 0.123 e. The van der Waals surface area contributed by atoms with E-state index in [4.69, 9.17) is 5.26 Å². The van der Waals surface area contributed by atoms with Crippen molar-refractivity contribution in [1.29, 1.82) is 5.26 Å². The smallest absolute Gasteiger partial charge is 0.123 e. The van der Waals surface area contributed by atoms with Gasteiger partial charge in [0.1, 0.15) is 5.82 Å². The summed E-state index contributed by atoms with van der Waals surface area (Å²) in [5.74, 6) is 1.31. The van der Waals surface area contributed by atoms with E-state index in [1.807, 2.05) is 24.3 Å². The van der Waals surface area contributed by atoms with Gasteiger partial charge in [0, 0.05) is 6.08 Å². The van der Waals surface area contributed by atoms with Gasteiger partial charge in [-0.2, -0.15) is 5.26 Å². The van der Waals surface area contributed by atoms with E-state index in [-0.39, 0.29) is 5.82 Å². The summed E-state index contributed by atoms with van der Waals surface area (Å²) in [5.41, 5.74) is 1.24. The Balaban J connectivity index is 1.69. The van der Waals surface area contributed by atoms with Gasteiger partial charge in [-0.25, -0.2) is 4.39 Å². The molecule has 1 aromatic rings. The number of aryl methyl sites for hydroxylation is 1. The predicted octanol–water partition coefficient (Wildman–Crippen LogP) is 5.20. The van der Waals surface area contributed by atoms with Crippen LogP contribution in [-0.2, 0) is 6.42 Å². The van der Waals surface area contributed by atoms with Gasteiger partial charge in [0.2, 0.25) is 0 Å². The number of hydrogen-bond acceptors (Lipinski definition) is 1. The molecule has 1 aromatic carbocycles. The molecule has 0 spiro atoms. The van der Waals surface area contributed by atoms with Crippen LogP contribution in [-0.4, -0.2) is 0 Å². The van der Waals surface area contributed by atoms with Crippen LogP contribution < -0.4 is 0 Å². The number of benzene rings is 1. The molecule has 1 saturated carbocycles. The fraction of sp³-hybridized carbons (Fsp3) is 0.421. The first-order valence-corrected chi connectivity index (χ1v) is 7.75. The third-order valence-corrected chi connectivity index (χ3v) is 4.31. The lowest BCUT2D eigenvalue weighted by atomic mass is 9.79. The molecule has 0 unspecified atom stereocenters. The average Bonchev–Trinajstić information content (AvgIpc) is 2.52. The second-order valence-electron chi connectivity index (χ2n) is 5.82. The molecular weight excluding hydrogens is 261 g/mol. The van der Waals surface area contributed by atoms with Gasteiger partial charge < -0.3 is 0 Å². The van der Waals surface area contributed by atoms with Crippen molar-refractivity contribution in [3.05, 3.63) is 60.0 Å². The highest BCUT2D eigenvalue weighted by Gasteiger charge is 2.19. The van der Waals surface area contributed by atoms with E-state index in [1.165, 1.54) is 43.7 Å². The summed E-state index contributed by atoms with van der Waals surface area (Å²) in [6, 6.07) is 8.88. The monoisotopic (exact) mass is 283 g/mol. The minimum Gasteiger partial charge on any atom is -0.207 e. The number of rotatable bonds is 5. The molecule has 0 N–H and O–H groups in total. The van der Waals surface area contributed by atoms with Gasteiger partial charge >= 0.3 is 0 Å². The third kappa shape index (κ3) is 5.55. The Morgan fingerprint density at radius 1 is 1.10 bits per heavy atom. The Labute approximate surface area is 126 Å². The maximum absolute atomic E-state index is 12.8. The van der Waals surface area contributed by atoms with Gasteiger partial charge in [-0.05, 0) is 68.1 Å². The Hall–Kier alpha value is -1.88. The number of hydrogen-bond donors (Lipinski definition) is 0. The van der Waals surface area contributed by atoms with Crippen LogP contribution >= 0.6 is 0 Å². The lowest BCUT2D eigenvalue weighted by Gasteiger charge is -2.26. The van der Waals surface area contributed by atoms with Crippen molar-refractivity contribution in [2.45, 2.75) is 38.5 Å². The molecule has 0 atom stereocenters. The zero-order valence-corrected chi connectivity index (χ0v) is 12.3. The second-order valence-corrected chi connectivity index (χ2v) is 5.82. The molecule has 0 bridgehead atoms. The van der Waals surface area contributed by atoms with E-state index in [0.29, 0.717) is 5.92 Å². The Kier molecular flexibility index (Phi) is 6.22. The molecule has 0 heterocycles. The van der Waals surface area contributed by atoms with Crippen molar-refractivity contribution in [2.75, 3.05) is 0 Å². The number of halogens is 1. The molecule has 1 aliphatic carbocycles. The zero-order valence-electron chi connectivity index (χ0n) is 12.3. The van der Waals surface area contributed by atoms with Crippen molar-refractivity contribution < 1.29 is 4.39 Å². The number of nitriles is 1. The topological polar surface area (TPSA) is 23.8 Å². The van der Waals surface area contributed by atoms with E-state index >= 15 is 0 Å². The molecule has 0 saturated heterocycles. The van der Waals surface area contributed by atoms with Crippen LogP contribution in [0.3, 0.4) is 0 Å². The molecular formula is C19H22FN. The predicted molar refractivity (Wildman–Crippen MR) is 84.1 cm³/mol. The Bertz CT molecular complexity index is 513. The molecule has 0 radical (unpaired) electrons. The fourth-order valence-electron chi connectivity index (χ4n) is 3.01. The van der Waals surface area contributed by atoms with Crippen LogP contribution in [0.5, 0.6) is 0 Å². The lowest BCUT2D eigenvalue weighted by Crippen LogP contribution is -2.13. The highest BCUT2D eigenvalue weighted by atomic mass is 19.1. The summed E-state index contributed by atoms with van der Waals surface area (Å²) in [6.45, 7) is 0. The van der Waals surface area contributed by atoms with Crippen LogP contribution in [0.15, 0.2) is 48.6 Å². The molecule has 2 rings (SSSR count). The van der Waals surface area contributed by atoms with E-state index < -0.39 is 0 Å². The Morgan fingerprint density at radius 3 is 2.48 bits per heavy atom. The second kappa shape index (κ2) is 8.42. The minimum absolute atomic E-state index is 0.156. The maximum atomic E-state index is 12.8. The van der Waals surface area contributed by atoms with Crippen LogP contribution in [0.1, 0.15) is 37.7 Å². The summed E-state index contributed by atoms with van der Waals surface area (Å²) in [5, 5.41) is 8.41. The van der Waals surface area contributed by atoms with Crippen molar-refractivity contribution in [3.63, 3.8) is 0 Å². The van der Waals surface area contributed by atoms with E-state index in [1.54, 1.807) is 18.2 Å². The van der Waals surface area contributed by atoms with Crippen molar-refractivity contribution in [3.8, 4) is 6.07 Å². The fourth-order valence-corrected chi connectivity index (χ4v) is 3.01. The van der Waals surface area contributed by atoms with E-state index in [9.17, 15) is 4.39 Å². The molecule has 1 nitrogen and oxygen atoms in total. The molecule has 0 aromatic heterocycles. The minimum atomic E-state index is -0.156. The SMILES string of the molecule is N#CC=CC=C[C@H]1CC[C@H](CCc2ccc(F)cc2)CC1. The summed E-state index contributed by atoms with van der Waals surface area (Å²) in [7, 11) is 0. The van der Waals surface area contributed by atoms with Crippen LogP contribution in [0, 0.1) is 29.0 Å². The highest BCUT2D eigenvalue weighted by Crippen LogP contribution is 2.32. The lowest BCUT2D eigenvalue weighted by molar-refractivity contribution is 0.296. The number of allylic oxidation sites excluding steroid dienone is 4. The van der Waals surface area contributed by atoms with Gasteiger partial charge in [0.15, 0.2) is 0 Å². The van der Waals surface area contributed by atoms with Gasteiger partial charge in [0.05, 0.1) is 6.07 Å². The normalized spacial score (nSPS) is 22.7. The van der Waals surface area contributed by atoms with Gasteiger partial charge in [-0.1, -0.05) is 30.4 Å². The Morgan fingerprint density at radius 2 is 1.81 bits per heavy atom. The first-order valence-electron chi connectivity index (χ1n) is 7.75. The molecule has 1 fully saturated rings. The summed E-state index contributed by atoms with van der Waals surface area (Å²) >= 11 is 0. The first kappa shape index (κ1) is 15.5. The molecule has 0 amide bonds. The largest absolute Gasteiger partial charge is 0.207 e.